The summed E-state index contributed by atoms with van der Waals surface area (Å²) in [5.74, 6) is 0.776. The summed E-state index contributed by atoms with van der Waals surface area (Å²) in [6, 6.07) is 11.9. The van der Waals surface area contributed by atoms with Gasteiger partial charge in [-0.2, -0.15) is 0 Å². The Hall–Kier alpha value is -2.86. The summed E-state index contributed by atoms with van der Waals surface area (Å²) < 4.78 is 6.97. The quantitative estimate of drug-likeness (QED) is 0.608. The van der Waals surface area contributed by atoms with Gasteiger partial charge >= 0.3 is 5.69 Å². The van der Waals surface area contributed by atoms with Gasteiger partial charge in [0.25, 0.3) is 0 Å². The number of benzene rings is 1. The van der Waals surface area contributed by atoms with Gasteiger partial charge in [0.1, 0.15) is 5.75 Å². The third-order valence-electron chi connectivity index (χ3n) is 4.12. The number of pyridine rings is 1. The number of rotatable bonds is 4. The normalized spacial score (nSPS) is 11.1. The number of fused-ring (bicyclic) bond motifs is 1. The predicted octanol–water partition coefficient (Wildman–Crippen LogP) is 3.82. The third-order valence-corrected chi connectivity index (χ3v) is 5.22. The van der Waals surface area contributed by atoms with Crippen molar-refractivity contribution < 1.29 is 4.74 Å². The topological polar surface area (TPSA) is 59.9 Å². The van der Waals surface area contributed by atoms with E-state index in [1.807, 2.05) is 30.3 Å². The van der Waals surface area contributed by atoms with Crippen LogP contribution in [0.15, 0.2) is 52.8 Å². The number of hydrogen-bond donors (Lipinski definition) is 1. The van der Waals surface area contributed by atoms with Crippen LogP contribution in [0.4, 0.5) is 0 Å². The molecule has 4 aromatic rings. The maximum absolute atomic E-state index is 12.4. The summed E-state index contributed by atoms with van der Waals surface area (Å²) in [7, 11) is 1.64. The van der Waals surface area contributed by atoms with Crippen LogP contribution in [0, 0.1) is 6.92 Å². The Labute approximate surface area is 148 Å². The van der Waals surface area contributed by atoms with Crippen LogP contribution in [0.5, 0.6) is 5.75 Å². The van der Waals surface area contributed by atoms with Crippen LogP contribution in [-0.2, 0) is 6.54 Å². The minimum Gasteiger partial charge on any atom is -0.497 e. The van der Waals surface area contributed by atoms with Gasteiger partial charge in [-0.1, -0.05) is 12.1 Å². The highest BCUT2D eigenvalue weighted by Gasteiger charge is 2.11. The van der Waals surface area contributed by atoms with E-state index in [0.717, 1.165) is 27.3 Å². The molecule has 3 aromatic heterocycles. The number of imidazole rings is 1. The van der Waals surface area contributed by atoms with E-state index >= 15 is 0 Å². The molecule has 126 valence electrons. The van der Waals surface area contributed by atoms with Gasteiger partial charge < -0.3 is 4.74 Å². The number of nitrogens with one attached hydrogen (secondary N) is 1. The van der Waals surface area contributed by atoms with Gasteiger partial charge in [-0.05, 0) is 47.7 Å². The summed E-state index contributed by atoms with van der Waals surface area (Å²) in [6.45, 7) is 2.53. The second-order valence-electron chi connectivity index (χ2n) is 5.95. The van der Waals surface area contributed by atoms with Crippen molar-refractivity contribution in [3.05, 3.63) is 69.6 Å². The van der Waals surface area contributed by atoms with Gasteiger partial charge in [0.2, 0.25) is 0 Å². The Kier molecular flexibility index (Phi) is 3.89. The molecular formula is C19H17N3O2S. The Morgan fingerprint density at radius 2 is 2.16 bits per heavy atom. The fourth-order valence-electron chi connectivity index (χ4n) is 2.86. The fraction of sp³-hybridized carbons (Fsp3) is 0.158. The molecule has 0 aliphatic heterocycles. The number of hydrogen-bond acceptors (Lipinski definition) is 4. The lowest BCUT2D eigenvalue weighted by atomic mass is 10.2. The minimum absolute atomic E-state index is 0.162. The van der Waals surface area contributed by atoms with Crippen molar-refractivity contribution in [1.29, 1.82) is 0 Å². The average molecular weight is 351 g/mol. The highest BCUT2D eigenvalue weighted by molar-refractivity contribution is 7.13. The number of thiophene rings is 1. The number of aromatic amines is 1. The standard InChI is InChI=1S/C19H17N3O2S/c1-12-6-17(25-11-12)14-8-16-18(20-9-14)21-19(23)22(16)10-13-4-3-5-15(7-13)24-2/h3-9,11H,10H2,1-2H3,(H,20,21,23). The van der Waals surface area contributed by atoms with Crippen LogP contribution >= 0.6 is 11.3 Å². The van der Waals surface area contributed by atoms with E-state index in [2.05, 4.69) is 28.3 Å². The zero-order chi connectivity index (χ0) is 17.4. The van der Waals surface area contributed by atoms with E-state index < -0.39 is 0 Å². The van der Waals surface area contributed by atoms with E-state index in [1.165, 1.54) is 5.56 Å². The van der Waals surface area contributed by atoms with Crippen LogP contribution < -0.4 is 10.4 Å². The first kappa shape index (κ1) is 15.7. The summed E-state index contributed by atoms with van der Waals surface area (Å²) in [6.07, 6.45) is 1.80. The summed E-state index contributed by atoms with van der Waals surface area (Å²) >= 11 is 1.68. The van der Waals surface area contributed by atoms with Crippen molar-refractivity contribution in [2.75, 3.05) is 7.11 Å². The molecule has 0 bridgehead atoms. The molecule has 0 aliphatic rings. The number of nitrogens with zero attached hydrogens (tertiary/aromatic N) is 2. The van der Waals surface area contributed by atoms with Crippen LogP contribution in [0.1, 0.15) is 11.1 Å². The molecule has 0 amide bonds. The molecule has 0 radical (unpaired) electrons. The van der Waals surface area contributed by atoms with Crippen molar-refractivity contribution >= 4 is 22.5 Å². The van der Waals surface area contributed by atoms with Gasteiger partial charge in [0.15, 0.2) is 5.65 Å². The van der Waals surface area contributed by atoms with Gasteiger partial charge in [0, 0.05) is 16.6 Å². The highest BCUT2D eigenvalue weighted by Crippen LogP contribution is 2.28. The van der Waals surface area contributed by atoms with E-state index in [9.17, 15) is 4.79 Å². The maximum atomic E-state index is 12.4. The van der Waals surface area contributed by atoms with E-state index in [1.54, 1.807) is 29.2 Å². The van der Waals surface area contributed by atoms with Crippen molar-refractivity contribution in [3.63, 3.8) is 0 Å². The predicted molar refractivity (Wildman–Crippen MR) is 100 cm³/mol. The molecule has 0 aliphatic carbocycles. The molecule has 1 N–H and O–H groups in total. The number of H-pyrrole nitrogens is 1. The van der Waals surface area contributed by atoms with Crippen LogP contribution in [0.2, 0.25) is 0 Å². The highest BCUT2D eigenvalue weighted by atomic mass is 32.1. The average Bonchev–Trinajstić information content (AvgIpc) is 3.18. The second-order valence-corrected chi connectivity index (χ2v) is 6.86. The van der Waals surface area contributed by atoms with Crippen molar-refractivity contribution in [2.24, 2.45) is 0 Å². The molecule has 0 spiro atoms. The number of methoxy groups -OCH3 is 1. The first-order valence-corrected chi connectivity index (χ1v) is 8.79. The van der Waals surface area contributed by atoms with E-state index in [4.69, 9.17) is 4.74 Å². The molecule has 6 heteroatoms. The summed E-state index contributed by atoms with van der Waals surface area (Å²) in [5.41, 5.74) is 4.48. The monoisotopic (exact) mass is 351 g/mol. The van der Waals surface area contributed by atoms with Crippen LogP contribution in [0.25, 0.3) is 21.6 Å². The Bertz CT molecular complexity index is 1110. The number of aryl methyl sites for hydroxylation is 1. The van der Waals surface area contributed by atoms with Crippen molar-refractivity contribution in [1.82, 2.24) is 14.5 Å². The Morgan fingerprint density at radius 1 is 1.28 bits per heavy atom. The van der Waals surface area contributed by atoms with E-state index in [0.29, 0.717) is 12.2 Å². The van der Waals surface area contributed by atoms with Gasteiger partial charge in [0.05, 0.1) is 19.2 Å². The zero-order valence-electron chi connectivity index (χ0n) is 13.9. The lowest BCUT2D eigenvalue weighted by Gasteiger charge is -2.06. The number of aromatic nitrogens is 3. The van der Waals surface area contributed by atoms with Crippen LogP contribution in [-0.4, -0.2) is 21.6 Å². The maximum Gasteiger partial charge on any atom is 0.327 e. The second kappa shape index (κ2) is 6.22. The number of ether oxygens (including phenoxy) is 1. The van der Waals surface area contributed by atoms with Crippen molar-refractivity contribution in [3.8, 4) is 16.2 Å². The van der Waals surface area contributed by atoms with Gasteiger partial charge in [-0.15, -0.1) is 11.3 Å². The molecule has 5 nitrogen and oxygen atoms in total. The Balaban J connectivity index is 1.79. The molecule has 4 rings (SSSR count). The van der Waals surface area contributed by atoms with Gasteiger partial charge in [-0.3, -0.25) is 9.55 Å². The van der Waals surface area contributed by atoms with E-state index in [-0.39, 0.29) is 5.69 Å². The molecular weight excluding hydrogens is 334 g/mol. The van der Waals surface area contributed by atoms with Crippen LogP contribution in [0.3, 0.4) is 0 Å². The summed E-state index contributed by atoms with van der Waals surface area (Å²) in [5, 5.41) is 2.11. The first-order chi connectivity index (χ1) is 12.1. The fourth-order valence-corrected chi connectivity index (χ4v) is 3.74. The molecule has 0 fully saturated rings. The Morgan fingerprint density at radius 3 is 2.92 bits per heavy atom. The van der Waals surface area contributed by atoms with Gasteiger partial charge in [-0.25, -0.2) is 9.78 Å². The zero-order valence-corrected chi connectivity index (χ0v) is 14.8. The molecule has 0 saturated heterocycles. The lowest BCUT2D eigenvalue weighted by Crippen LogP contribution is -2.17. The molecule has 0 saturated carbocycles. The SMILES string of the molecule is COc1cccc(Cn2c(=O)[nH]c3ncc(-c4cc(C)cs4)cc32)c1. The minimum atomic E-state index is -0.162. The first-order valence-electron chi connectivity index (χ1n) is 7.91. The van der Waals surface area contributed by atoms with Crippen molar-refractivity contribution in [2.45, 2.75) is 13.5 Å². The summed E-state index contributed by atoms with van der Waals surface area (Å²) in [4.78, 5) is 20.8. The lowest BCUT2D eigenvalue weighted by molar-refractivity contribution is 0.414. The molecule has 3 heterocycles. The molecule has 25 heavy (non-hydrogen) atoms. The molecule has 1 aromatic carbocycles. The third kappa shape index (κ3) is 2.96. The largest absolute Gasteiger partial charge is 0.497 e. The molecule has 0 atom stereocenters. The molecule has 0 unspecified atom stereocenters. The smallest absolute Gasteiger partial charge is 0.327 e.